The highest BCUT2D eigenvalue weighted by atomic mass is 32.1. The Morgan fingerprint density at radius 3 is 2.48 bits per heavy atom. The second kappa shape index (κ2) is 7.92. The molecule has 0 atom stereocenters. The first-order chi connectivity index (χ1) is 13.0. The van der Waals surface area contributed by atoms with Crippen molar-refractivity contribution in [2.24, 2.45) is 7.05 Å². The molecular formula is C18H16FN5O2S. The van der Waals surface area contributed by atoms with Gasteiger partial charge in [0.15, 0.2) is 10.8 Å². The Bertz CT molecular complexity index is 1070. The van der Waals surface area contributed by atoms with Crippen molar-refractivity contribution in [1.29, 1.82) is 0 Å². The molecule has 1 heterocycles. The predicted molar refractivity (Wildman–Crippen MR) is 103 cm³/mol. The fraction of sp³-hybridized carbons (Fsp3) is 0.111. The van der Waals surface area contributed by atoms with Crippen molar-refractivity contribution in [3.05, 3.63) is 76.0 Å². The van der Waals surface area contributed by atoms with Crippen LogP contribution in [0, 0.1) is 5.82 Å². The van der Waals surface area contributed by atoms with E-state index in [1.807, 2.05) is 0 Å². The minimum atomic E-state index is -0.535. The topological polar surface area (TPSA) is 88.1 Å². The molecule has 9 heteroatoms. The lowest BCUT2D eigenvalue weighted by atomic mass is 10.1. The molecule has 0 fully saturated rings. The molecule has 0 spiro atoms. The maximum Gasteiger partial charge on any atom is 0.290 e. The van der Waals surface area contributed by atoms with Crippen molar-refractivity contribution in [3.63, 3.8) is 0 Å². The number of thiocarbonyl (C=S) groups is 1. The Balaban J connectivity index is 1.65. The summed E-state index contributed by atoms with van der Waals surface area (Å²) >= 11 is 5.10. The number of halogens is 1. The Kier molecular flexibility index (Phi) is 5.41. The van der Waals surface area contributed by atoms with Gasteiger partial charge >= 0.3 is 0 Å². The smallest absolute Gasteiger partial charge is 0.290 e. The molecule has 3 aromatic rings. The first-order valence-electron chi connectivity index (χ1n) is 8.00. The molecule has 0 bridgehead atoms. The second-order valence-electron chi connectivity index (χ2n) is 5.71. The number of carbonyl (C=O) groups excluding carboxylic acids is 1. The van der Waals surface area contributed by atoms with Crippen molar-refractivity contribution in [3.8, 4) is 0 Å². The molecule has 3 N–H and O–H groups in total. The number of carbonyl (C=O) groups is 1. The van der Waals surface area contributed by atoms with Crippen LogP contribution < -0.4 is 21.7 Å². The van der Waals surface area contributed by atoms with Crippen molar-refractivity contribution in [2.45, 2.75) is 6.54 Å². The Morgan fingerprint density at radius 1 is 1.11 bits per heavy atom. The quantitative estimate of drug-likeness (QED) is 0.466. The zero-order valence-electron chi connectivity index (χ0n) is 14.3. The molecule has 0 saturated heterocycles. The van der Waals surface area contributed by atoms with Gasteiger partial charge in [-0.25, -0.2) is 9.07 Å². The van der Waals surface area contributed by atoms with Crippen LogP contribution in [0.25, 0.3) is 10.8 Å². The first-order valence-corrected chi connectivity index (χ1v) is 8.41. The normalized spacial score (nSPS) is 10.4. The highest BCUT2D eigenvalue weighted by molar-refractivity contribution is 7.80. The van der Waals surface area contributed by atoms with E-state index in [9.17, 15) is 14.0 Å². The lowest BCUT2D eigenvalue weighted by Crippen LogP contribution is -2.47. The molecule has 0 unspecified atom stereocenters. The summed E-state index contributed by atoms with van der Waals surface area (Å²) < 4.78 is 14.0. The molecule has 1 aromatic heterocycles. The number of hydrogen-bond acceptors (Lipinski definition) is 4. The van der Waals surface area contributed by atoms with Crippen LogP contribution in [0.4, 0.5) is 4.39 Å². The third kappa shape index (κ3) is 4.26. The molecule has 27 heavy (non-hydrogen) atoms. The Labute approximate surface area is 159 Å². The number of rotatable bonds is 3. The number of aromatic nitrogens is 2. The van der Waals surface area contributed by atoms with Crippen molar-refractivity contribution in [2.75, 3.05) is 0 Å². The summed E-state index contributed by atoms with van der Waals surface area (Å²) in [6, 6.07) is 12.7. The number of nitrogens with one attached hydrogen (secondary N) is 3. The lowest BCUT2D eigenvalue weighted by molar-refractivity contribution is 0.0938. The molecule has 1 amide bonds. The summed E-state index contributed by atoms with van der Waals surface area (Å²) in [6.07, 6.45) is 0. The molecule has 0 radical (unpaired) electrons. The molecule has 7 nitrogen and oxygen atoms in total. The standard InChI is InChI=1S/C18H16FN5O2S/c1-24-17(26)14-5-3-2-4-13(14)15(23-24)16(25)21-22-18(27)20-10-11-6-8-12(19)9-7-11/h2-9H,10H2,1H3,(H,21,25)(H2,20,22,27). The van der Waals surface area contributed by atoms with E-state index < -0.39 is 5.91 Å². The van der Waals surface area contributed by atoms with E-state index in [4.69, 9.17) is 12.2 Å². The summed E-state index contributed by atoms with van der Waals surface area (Å²) in [5.74, 6) is -0.851. The third-order valence-electron chi connectivity index (χ3n) is 3.83. The summed E-state index contributed by atoms with van der Waals surface area (Å²) in [5.41, 5.74) is 5.68. The number of aryl methyl sites for hydroxylation is 1. The SMILES string of the molecule is Cn1nc(C(=O)NNC(=S)NCc2ccc(F)cc2)c2ccccc2c1=O. The second-order valence-corrected chi connectivity index (χ2v) is 6.12. The average Bonchev–Trinajstić information content (AvgIpc) is 2.68. The highest BCUT2D eigenvalue weighted by Gasteiger charge is 2.15. The monoisotopic (exact) mass is 385 g/mol. The third-order valence-corrected chi connectivity index (χ3v) is 4.07. The van der Waals surface area contributed by atoms with Crippen LogP contribution in [0.15, 0.2) is 53.3 Å². The highest BCUT2D eigenvalue weighted by Crippen LogP contribution is 2.12. The van der Waals surface area contributed by atoms with Crippen molar-refractivity contribution < 1.29 is 9.18 Å². The number of benzene rings is 2. The molecule has 138 valence electrons. The van der Waals surface area contributed by atoms with Crippen LogP contribution in [0.3, 0.4) is 0 Å². The van der Waals surface area contributed by atoms with E-state index in [0.717, 1.165) is 10.2 Å². The molecule has 0 saturated carbocycles. The van der Waals surface area contributed by atoms with Crippen LogP contribution in [0.1, 0.15) is 16.1 Å². The molecule has 0 aliphatic carbocycles. The number of amides is 1. The minimum Gasteiger partial charge on any atom is -0.357 e. The van der Waals surface area contributed by atoms with E-state index in [1.165, 1.54) is 19.2 Å². The number of fused-ring (bicyclic) bond motifs is 1. The Morgan fingerprint density at radius 2 is 1.78 bits per heavy atom. The fourth-order valence-corrected chi connectivity index (χ4v) is 2.59. The zero-order valence-corrected chi connectivity index (χ0v) is 15.1. The zero-order chi connectivity index (χ0) is 19.4. The van der Waals surface area contributed by atoms with Gasteiger partial charge in [-0.3, -0.25) is 20.4 Å². The van der Waals surface area contributed by atoms with Gasteiger partial charge in [0.05, 0.1) is 5.39 Å². The maximum atomic E-state index is 12.9. The van der Waals surface area contributed by atoms with Gasteiger partial charge in [0.25, 0.3) is 11.5 Å². The van der Waals surface area contributed by atoms with Gasteiger partial charge in [-0.2, -0.15) is 5.10 Å². The molecule has 2 aromatic carbocycles. The van der Waals surface area contributed by atoms with E-state index >= 15 is 0 Å². The average molecular weight is 385 g/mol. The summed E-state index contributed by atoms with van der Waals surface area (Å²) in [4.78, 5) is 24.6. The maximum absolute atomic E-state index is 12.9. The van der Waals surface area contributed by atoms with Crippen LogP contribution in [-0.2, 0) is 13.6 Å². The van der Waals surface area contributed by atoms with Gasteiger partial charge < -0.3 is 5.32 Å². The minimum absolute atomic E-state index is 0.0986. The van der Waals surface area contributed by atoms with E-state index in [1.54, 1.807) is 36.4 Å². The predicted octanol–water partition coefficient (Wildman–Crippen LogP) is 1.38. The number of nitrogens with zero attached hydrogens (tertiary/aromatic N) is 2. The van der Waals surface area contributed by atoms with Crippen molar-refractivity contribution >= 4 is 34.0 Å². The van der Waals surface area contributed by atoms with E-state index in [-0.39, 0.29) is 22.2 Å². The summed E-state index contributed by atoms with van der Waals surface area (Å²) in [5, 5.41) is 7.96. The van der Waals surface area contributed by atoms with Gasteiger partial charge in [0, 0.05) is 19.0 Å². The van der Waals surface area contributed by atoms with Gasteiger partial charge in [0.2, 0.25) is 0 Å². The summed E-state index contributed by atoms with van der Waals surface area (Å²) in [6.45, 7) is 0.364. The van der Waals surface area contributed by atoms with Gasteiger partial charge in [0.1, 0.15) is 5.82 Å². The lowest BCUT2D eigenvalue weighted by Gasteiger charge is -2.12. The summed E-state index contributed by atoms with van der Waals surface area (Å²) in [7, 11) is 1.48. The van der Waals surface area contributed by atoms with Gasteiger partial charge in [-0.05, 0) is 36.0 Å². The largest absolute Gasteiger partial charge is 0.357 e. The van der Waals surface area contributed by atoms with E-state index in [2.05, 4.69) is 21.3 Å². The fourth-order valence-electron chi connectivity index (χ4n) is 2.47. The molecule has 0 aliphatic heterocycles. The number of hydrazine groups is 1. The van der Waals surface area contributed by atoms with E-state index in [0.29, 0.717) is 17.3 Å². The van der Waals surface area contributed by atoms with Crippen LogP contribution >= 0.6 is 12.2 Å². The van der Waals surface area contributed by atoms with Crippen LogP contribution in [-0.4, -0.2) is 20.8 Å². The molecule has 0 aliphatic rings. The molecular weight excluding hydrogens is 369 g/mol. The van der Waals surface area contributed by atoms with Gasteiger partial charge in [-0.15, -0.1) is 0 Å². The van der Waals surface area contributed by atoms with Gasteiger partial charge in [-0.1, -0.05) is 30.3 Å². The number of hydrogen-bond donors (Lipinski definition) is 3. The van der Waals surface area contributed by atoms with Crippen LogP contribution in [0.2, 0.25) is 0 Å². The Hall–Kier alpha value is -3.33. The van der Waals surface area contributed by atoms with Crippen molar-refractivity contribution in [1.82, 2.24) is 25.9 Å². The van der Waals surface area contributed by atoms with Crippen LogP contribution in [0.5, 0.6) is 0 Å². The molecule has 3 rings (SSSR count). The first kappa shape index (κ1) is 18.5.